The number of thiazole rings is 1. The molecule has 0 aliphatic carbocycles. The summed E-state index contributed by atoms with van der Waals surface area (Å²) < 4.78 is 10.7. The Balaban J connectivity index is 1.11. The van der Waals surface area contributed by atoms with Crippen molar-refractivity contribution in [2.24, 2.45) is 0 Å². The lowest BCUT2D eigenvalue weighted by atomic mass is 10.0. The number of rotatable bonds is 7. The number of hydrogen-bond acceptors (Lipinski definition) is 7. The molecule has 1 unspecified atom stereocenters. The lowest BCUT2D eigenvalue weighted by Crippen LogP contribution is -2.46. The van der Waals surface area contributed by atoms with Gasteiger partial charge in [-0.05, 0) is 68.7 Å². The van der Waals surface area contributed by atoms with Gasteiger partial charge in [-0.2, -0.15) is 0 Å². The van der Waals surface area contributed by atoms with Gasteiger partial charge in [-0.25, -0.2) is 0 Å². The van der Waals surface area contributed by atoms with Gasteiger partial charge in [-0.1, -0.05) is 0 Å². The van der Waals surface area contributed by atoms with Crippen LogP contribution in [-0.4, -0.2) is 42.9 Å². The van der Waals surface area contributed by atoms with Gasteiger partial charge in [0.1, 0.15) is 0 Å². The molecule has 2 N–H and O–H groups in total. The van der Waals surface area contributed by atoms with E-state index in [0.717, 1.165) is 38.0 Å². The Bertz CT molecular complexity index is 1080. The number of nitrogens with one attached hydrogen (secondary N) is 2. The quantitative estimate of drug-likeness (QED) is 0.543. The zero-order chi connectivity index (χ0) is 22.6. The zero-order valence-corrected chi connectivity index (χ0v) is 19.4. The average Bonchev–Trinajstić information content (AvgIpc) is 3.51. The van der Waals surface area contributed by atoms with Crippen LogP contribution >= 0.6 is 11.3 Å². The standard InChI is InChI=1S/C25H28N4O3S/c1-17(12-22-14-26-15-33-22)27-20-8-10-29(11-9-20)21-5-3-19(4-6-21)28-25(30)18-2-7-23-24(13-18)32-16-31-23/h2-7,13-15,17,20,27H,8-12,16H2,1H3,(H,28,30). The summed E-state index contributed by atoms with van der Waals surface area (Å²) in [5.74, 6) is 1.11. The van der Waals surface area contributed by atoms with Crippen molar-refractivity contribution in [1.29, 1.82) is 0 Å². The van der Waals surface area contributed by atoms with Crippen molar-refractivity contribution in [2.45, 2.75) is 38.3 Å². The van der Waals surface area contributed by atoms with Crippen LogP contribution in [0.4, 0.5) is 11.4 Å². The van der Waals surface area contributed by atoms with Crippen molar-refractivity contribution in [2.75, 3.05) is 30.1 Å². The first-order valence-electron chi connectivity index (χ1n) is 11.3. The number of carbonyl (C=O) groups excluding carboxylic acids is 1. The summed E-state index contributed by atoms with van der Waals surface area (Å²) >= 11 is 1.72. The summed E-state index contributed by atoms with van der Waals surface area (Å²) in [7, 11) is 0. The van der Waals surface area contributed by atoms with E-state index in [1.54, 1.807) is 29.5 Å². The third kappa shape index (κ3) is 5.29. The molecular weight excluding hydrogens is 436 g/mol. The van der Waals surface area contributed by atoms with E-state index in [4.69, 9.17) is 9.47 Å². The van der Waals surface area contributed by atoms with Crippen LogP contribution in [0.5, 0.6) is 11.5 Å². The van der Waals surface area contributed by atoms with Crippen LogP contribution in [0.2, 0.25) is 0 Å². The normalized spacial score (nSPS) is 16.6. The third-order valence-corrected chi connectivity index (χ3v) is 6.93. The molecule has 33 heavy (non-hydrogen) atoms. The number of hydrogen-bond donors (Lipinski definition) is 2. The molecule has 7 nitrogen and oxygen atoms in total. The maximum Gasteiger partial charge on any atom is 0.255 e. The molecule has 1 saturated heterocycles. The monoisotopic (exact) mass is 464 g/mol. The lowest BCUT2D eigenvalue weighted by Gasteiger charge is -2.35. The number of ether oxygens (including phenoxy) is 2. The Morgan fingerprint density at radius 2 is 1.94 bits per heavy atom. The van der Waals surface area contributed by atoms with E-state index in [9.17, 15) is 4.79 Å². The maximum atomic E-state index is 12.6. The van der Waals surface area contributed by atoms with Gasteiger partial charge in [-0.15, -0.1) is 11.3 Å². The Kier molecular flexibility index (Phi) is 6.46. The number of aromatic nitrogens is 1. The van der Waals surface area contributed by atoms with Crippen LogP contribution in [0.1, 0.15) is 35.0 Å². The molecule has 1 atom stereocenters. The van der Waals surface area contributed by atoms with E-state index in [-0.39, 0.29) is 12.7 Å². The van der Waals surface area contributed by atoms with Crippen molar-refractivity contribution in [3.05, 3.63) is 64.6 Å². The summed E-state index contributed by atoms with van der Waals surface area (Å²) in [4.78, 5) is 20.5. The lowest BCUT2D eigenvalue weighted by molar-refractivity contribution is 0.102. The van der Waals surface area contributed by atoms with E-state index < -0.39 is 0 Å². The molecule has 2 aromatic carbocycles. The van der Waals surface area contributed by atoms with Gasteiger partial charge in [0.15, 0.2) is 11.5 Å². The molecule has 8 heteroatoms. The first-order valence-corrected chi connectivity index (χ1v) is 12.2. The van der Waals surface area contributed by atoms with E-state index in [1.165, 1.54) is 10.6 Å². The van der Waals surface area contributed by atoms with Crippen molar-refractivity contribution >= 4 is 28.6 Å². The number of carbonyl (C=O) groups is 1. The molecule has 2 aliphatic heterocycles. The zero-order valence-electron chi connectivity index (χ0n) is 18.6. The number of piperidine rings is 1. The van der Waals surface area contributed by atoms with Gasteiger partial charge < -0.3 is 25.0 Å². The van der Waals surface area contributed by atoms with Crippen LogP contribution in [0.15, 0.2) is 54.2 Å². The summed E-state index contributed by atoms with van der Waals surface area (Å²) in [5.41, 5.74) is 4.40. The molecule has 0 saturated carbocycles. The summed E-state index contributed by atoms with van der Waals surface area (Å²) in [6.07, 6.45) is 5.24. The predicted octanol–water partition coefficient (Wildman–Crippen LogP) is 4.31. The predicted molar refractivity (Wildman–Crippen MR) is 131 cm³/mol. The highest BCUT2D eigenvalue weighted by Gasteiger charge is 2.21. The second-order valence-corrected chi connectivity index (χ2v) is 9.54. The third-order valence-electron chi connectivity index (χ3n) is 6.13. The first-order chi connectivity index (χ1) is 16.1. The van der Waals surface area contributed by atoms with E-state index >= 15 is 0 Å². The fourth-order valence-corrected chi connectivity index (χ4v) is 5.13. The van der Waals surface area contributed by atoms with Crippen molar-refractivity contribution in [3.8, 4) is 11.5 Å². The van der Waals surface area contributed by atoms with Gasteiger partial charge >= 0.3 is 0 Å². The molecular formula is C25H28N4O3S. The molecule has 1 aromatic heterocycles. The van der Waals surface area contributed by atoms with Crippen LogP contribution in [-0.2, 0) is 6.42 Å². The average molecular weight is 465 g/mol. The highest BCUT2D eigenvalue weighted by atomic mass is 32.1. The van der Waals surface area contributed by atoms with Gasteiger partial charge in [0, 0.05) is 53.2 Å². The first kappa shape index (κ1) is 21.7. The van der Waals surface area contributed by atoms with Crippen molar-refractivity contribution < 1.29 is 14.3 Å². The summed E-state index contributed by atoms with van der Waals surface area (Å²) in [6.45, 7) is 4.49. The number of amides is 1. The Morgan fingerprint density at radius 3 is 2.70 bits per heavy atom. The van der Waals surface area contributed by atoms with E-state index in [1.807, 2.05) is 23.8 Å². The summed E-state index contributed by atoms with van der Waals surface area (Å²) in [6, 6.07) is 14.3. The minimum absolute atomic E-state index is 0.166. The highest BCUT2D eigenvalue weighted by Crippen LogP contribution is 2.32. The maximum absolute atomic E-state index is 12.6. The molecule has 1 amide bonds. The Labute approximate surface area is 197 Å². The number of anilines is 2. The number of fused-ring (bicyclic) bond motifs is 1. The Morgan fingerprint density at radius 1 is 1.15 bits per heavy atom. The topological polar surface area (TPSA) is 75.7 Å². The largest absolute Gasteiger partial charge is 0.454 e. The Hall–Kier alpha value is -3.10. The van der Waals surface area contributed by atoms with E-state index in [0.29, 0.717) is 29.1 Å². The fourth-order valence-electron chi connectivity index (χ4n) is 4.41. The second kappa shape index (κ2) is 9.80. The molecule has 3 heterocycles. The van der Waals surface area contributed by atoms with Crippen molar-refractivity contribution in [1.82, 2.24) is 10.3 Å². The molecule has 5 rings (SSSR count). The van der Waals surface area contributed by atoms with Crippen molar-refractivity contribution in [3.63, 3.8) is 0 Å². The van der Waals surface area contributed by atoms with Crippen LogP contribution in [0, 0.1) is 0 Å². The molecule has 0 radical (unpaired) electrons. The van der Waals surface area contributed by atoms with Gasteiger partial charge in [0.05, 0.1) is 5.51 Å². The number of nitrogens with zero attached hydrogens (tertiary/aromatic N) is 2. The molecule has 172 valence electrons. The van der Waals surface area contributed by atoms with Crippen LogP contribution < -0.4 is 25.0 Å². The molecule has 2 aliphatic rings. The van der Waals surface area contributed by atoms with E-state index in [2.05, 4.69) is 39.6 Å². The number of benzene rings is 2. The second-order valence-electron chi connectivity index (χ2n) is 8.57. The summed E-state index contributed by atoms with van der Waals surface area (Å²) in [5, 5.41) is 6.74. The molecule has 1 fully saturated rings. The minimum Gasteiger partial charge on any atom is -0.454 e. The molecule has 3 aromatic rings. The van der Waals surface area contributed by atoms with Crippen LogP contribution in [0.3, 0.4) is 0 Å². The smallest absolute Gasteiger partial charge is 0.255 e. The fraction of sp³-hybridized carbons (Fsp3) is 0.360. The highest BCUT2D eigenvalue weighted by molar-refractivity contribution is 7.09. The molecule has 0 bridgehead atoms. The van der Waals surface area contributed by atoms with Crippen LogP contribution in [0.25, 0.3) is 0 Å². The van der Waals surface area contributed by atoms with Gasteiger partial charge in [0.2, 0.25) is 6.79 Å². The van der Waals surface area contributed by atoms with Gasteiger partial charge in [-0.3, -0.25) is 9.78 Å². The molecule has 0 spiro atoms. The SMILES string of the molecule is CC(Cc1cncs1)NC1CCN(c2ccc(NC(=O)c3ccc4c(c3)OCO4)cc2)CC1. The minimum atomic E-state index is -0.166. The van der Waals surface area contributed by atoms with Gasteiger partial charge in [0.25, 0.3) is 5.91 Å².